The van der Waals surface area contributed by atoms with Gasteiger partial charge in [0.15, 0.2) is 5.58 Å². The summed E-state index contributed by atoms with van der Waals surface area (Å²) in [4.78, 5) is 36.4. The molecule has 2 aromatic heterocycles. The maximum Gasteiger partial charge on any atom is 0.253 e. The van der Waals surface area contributed by atoms with Gasteiger partial charge in [0.25, 0.3) is 5.91 Å². The summed E-state index contributed by atoms with van der Waals surface area (Å²) >= 11 is 0. The molecule has 0 unspecified atom stereocenters. The van der Waals surface area contributed by atoms with Crippen molar-refractivity contribution < 1.29 is 14.0 Å². The number of amides is 2. The second-order valence-corrected chi connectivity index (χ2v) is 9.06. The van der Waals surface area contributed by atoms with Gasteiger partial charge in [-0.05, 0) is 60.7 Å². The van der Waals surface area contributed by atoms with Crippen LogP contribution in [0.3, 0.4) is 0 Å². The van der Waals surface area contributed by atoms with E-state index in [-0.39, 0.29) is 23.7 Å². The molecule has 1 saturated heterocycles. The summed E-state index contributed by atoms with van der Waals surface area (Å²) in [5, 5.41) is 3.01. The number of oxazole rings is 1. The zero-order valence-corrected chi connectivity index (χ0v) is 19.7. The maximum atomic E-state index is 13.2. The number of rotatable bonds is 6. The molecule has 0 bridgehead atoms. The molecule has 7 nitrogen and oxygen atoms in total. The van der Waals surface area contributed by atoms with Gasteiger partial charge in [0.1, 0.15) is 5.52 Å². The number of hydrogen-bond acceptors (Lipinski definition) is 5. The minimum absolute atomic E-state index is 0.0108. The number of nitrogens with one attached hydrogen (secondary N) is 1. The van der Waals surface area contributed by atoms with E-state index >= 15 is 0 Å². The average Bonchev–Trinajstić information content (AvgIpc) is 3.36. The van der Waals surface area contributed by atoms with Crippen LogP contribution in [-0.4, -0.2) is 39.8 Å². The molecule has 0 saturated carbocycles. The molecule has 1 aliphatic heterocycles. The smallest absolute Gasteiger partial charge is 0.253 e. The number of benzene rings is 2. The monoisotopic (exact) mass is 468 g/mol. The van der Waals surface area contributed by atoms with Crippen LogP contribution in [-0.2, 0) is 11.3 Å². The topological polar surface area (TPSA) is 88.3 Å². The van der Waals surface area contributed by atoms with Gasteiger partial charge >= 0.3 is 0 Å². The Balaban J connectivity index is 1.18. The van der Waals surface area contributed by atoms with E-state index in [1.165, 1.54) is 0 Å². The fourth-order valence-electron chi connectivity index (χ4n) is 4.62. The van der Waals surface area contributed by atoms with Crippen molar-refractivity contribution >= 4 is 22.9 Å². The summed E-state index contributed by atoms with van der Waals surface area (Å²) in [5.74, 6) is 0.723. The Morgan fingerprint density at radius 2 is 1.89 bits per heavy atom. The molecule has 2 amide bonds. The lowest BCUT2D eigenvalue weighted by molar-refractivity contribution is -0.126. The number of fused-ring (bicyclic) bond motifs is 1. The van der Waals surface area contributed by atoms with Crippen LogP contribution >= 0.6 is 0 Å². The summed E-state index contributed by atoms with van der Waals surface area (Å²) in [7, 11) is 0. The second-order valence-electron chi connectivity index (χ2n) is 9.06. The number of carbonyl (C=O) groups excluding carboxylic acids is 2. The summed E-state index contributed by atoms with van der Waals surface area (Å²) < 4.78 is 5.87. The van der Waals surface area contributed by atoms with Crippen LogP contribution in [0.15, 0.2) is 77.5 Å². The molecular formula is C28H28N4O3. The number of nitrogens with zero attached hydrogens (tertiary/aromatic N) is 3. The number of piperidine rings is 1. The van der Waals surface area contributed by atoms with Gasteiger partial charge in [-0.25, -0.2) is 4.98 Å². The van der Waals surface area contributed by atoms with Gasteiger partial charge in [0.05, 0.1) is 0 Å². The first-order valence-electron chi connectivity index (χ1n) is 12.0. The van der Waals surface area contributed by atoms with Crippen LogP contribution in [0.2, 0.25) is 0 Å². The fourth-order valence-corrected chi connectivity index (χ4v) is 4.62. The normalized spacial score (nSPS) is 15.2. The molecule has 0 radical (unpaired) electrons. The van der Waals surface area contributed by atoms with Crippen molar-refractivity contribution in [2.75, 3.05) is 13.1 Å². The Morgan fingerprint density at radius 3 is 2.63 bits per heavy atom. The highest BCUT2D eigenvalue weighted by Crippen LogP contribution is 2.28. The van der Waals surface area contributed by atoms with Crippen LogP contribution in [0.5, 0.6) is 0 Å². The highest BCUT2D eigenvalue weighted by atomic mass is 16.3. The molecule has 3 heterocycles. The first kappa shape index (κ1) is 22.8. The maximum absolute atomic E-state index is 13.2. The van der Waals surface area contributed by atoms with Gasteiger partial charge in [0.2, 0.25) is 11.8 Å². The molecule has 5 rings (SSSR count). The van der Waals surface area contributed by atoms with E-state index in [1.807, 2.05) is 60.4 Å². The lowest BCUT2D eigenvalue weighted by Gasteiger charge is -2.34. The second kappa shape index (κ2) is 10.1. The lowest BCUT2D eigenvalue weighted by Crippen LogP contribution is -2.42. The molecule has 35 heavy (non-hydrogen) atoms. The summed E-state index contributed by atoms with van der Waals surface area (Å²) in [6.07, 6.45) is 5.08. The van der Waals surface area contributed by atoms with Crippen molar-refractivity contribution in [1.82, 2.24) is 20.2 Å². The first-order chi connectivity index (χ1) is 17.1. The molecule has 1 N–H and O–H groups in total. The predicted molar refractivity (Wildman–Crippen MR) is 133 cm³/mol. The molecule has 0 spiro atoms. The number of carbonyl (C=O) groups is 2. The number of hydrogen-bond donors (Lipinski definition) is 1. The Labute approximate surface area is 204 Å². The predicted octanol–water partition coefficient (Wildman–Crippen LogP) is 4.69. The lowest BCUT2D eigenvalue weighted by atomic mass is 9.84. The molecule has 2 aromatic carbocycles. The van der Waals surface area contributed by atoms with Crippen molar-refractivity contribution in [3.63, 3.8) is 0 Å². The summed E-state index contributed by atoms with van der Waals surface area (Å²) in [6, 6.07) is 18.9. The number of pyridine rings is 1. The van der Waals surface area contributed by atoms with E-state index in [9.17, 15) is 9.59 Å². The SMILES string of the molecule is C[C@@H](C(=O)NCc1cccnc1)C1CCN(C(=O)c2ccc3oc(-c4ccccc4)nc3c2)CC1. The minimum atomic E-state index is -0.105. The van der Waals surface area contributed by atoms with E-state index in [1.54, 1.807) is 24.5 Å². The zero-order chi connectivity index (χ0) is 24.2. The van der Waals surface area contributed by atoms with Crippen LogP contribution in [0.4, 0.5) is 0 Å². The third kappa shape index (κ3) is 5.09. The van der Waals surface area contributed by atoms with Gasteiger partial charge in [-0.3, -0.25) is 14.6 Å². The van der Waals surface area contributed by atoms with E-state index < -0.39 is 0 Å². The van der Waals surface area contributed by atoms with Gasteiger partial charge < -0.3 is 14.6 Å². The quantitative estimate of drug-likeness (QED) is 0.443. The number of aromatic nitrogens is 2. The molecule has 7 heteroatoms. The average molecular weight is 469 g/mol. The third-order valence-corrected chi connectivity index (χ3v) is 6.79. The van der Waals surface area contributed by atoms with Crippen molar-refractivity contribution in [2.24, 2.45) is 11.8 Å². The summed E-state index contributed by atoms with van der Waals surface area (Å²) in [6.45, 7) is 3.72. The van der Waals surface area contributed by atoms with Crippen LogP contribution < -0.4 is 5.32 Å². The summed E-state index contributed by atoms with van der Waals surface area (Å²) in [5.41, 5.74) is 3.81. The standard InChI is InChI=1S/C28H28N4O3/c1-19(26(33)30-18-20-6-5-13-29-17-20)21-11-14-32(15-12-21)28(34)23-9-10-25-24(16-23)31-27(35-25)22-7-3-2-4-8-22/h2-10,13,16-17,19,21H,11-12,14-15,18H2,1H3,(H,30,33)/t19-/m1/s1. The molecule has 1 aliphatic rings. The van der Waals surface area contributed by atoms with Crippen LogP contribution in [0, 0.1) is 11.8 Å². The first-order valence-corrected chi connectivity index (χ1v) is 12.0. The van der Waals surface area contributed by atoms with E-state index in [0.29, 0.717) is 42.2 Å². The van der Waals surface area contributed by atoms with Crippen molar-refractivity contribution in [3.8, 4) is 11.5 Å². The van der Waals surface area contributed by atoms with Gasteiger partial charge in [-0.1, -0.05) is 31.2 Å². The van der Waals surface area contributed by atoms with Crippen LogP contribution in [0.25, 0.3) is 22.6 Å². The van der Waals surface area contributed by atoms with Gasteiger partial charge in [-0.2, -0.15) is 0 Å². The van der Waals surface area contributed by atoms with Gasteiger partial charge in [-0.15, -0.1) is 0 Å². The largest absolute Gasteiger partial charge is 0.436 e. The highest BCUT2D eigenvalue weighted by Gasteiger charge is 2.30. The zero-order valence-electron chi connectivity index (χ0n) is 19.7. The van der Waals surface area contributed by atoms with Gasteiger partial charge in [0, 0.05) is 49.1 Å². The molecular weight excluding hydrogens is 440 g/mol. The Hall–Kier alpha value is -4.00. The van der Waals surface area contributed by atoms with E-state index in [2.05, 4.69) is 15.3 Å². The fraction of sp³-hybridized carbons (Fsp3) is 0.286. The Bertz CT molecular complexity index is 1310. The van der Waals surface area contributed by atoms with E-state index in [4.69, 9.17) is 4.42 Å². The number of likely N-dealkylation sites (tertiary alicyclic amines) is 1. The van der Waals surface area contributed by atoms with Crippen molar-refractivity contribution in [2.45, 2.75) is 26.3 Å². The van der Waals surface area contributed by atoms with E-state index in [0.717, 1.165) is 24.0 Å². The Kier molecular flexibility index (Phi) is 6.57. The molecule has 4 aromatic rings. The Morgan fingerprint density at radius 1 is 1.09 bits per heavy atom. The minimum Gasteiger partial charge on any atom is -0.436 e. The van der Waals surface area contributed by atoms with Crippen LogP contribution in [0.1, 0.15) is 35.7 Å². The van der Waals surface area contributed by atoms with Crippen molar-refractivity contribution in [3.05, 3.63) is 84.2 Å². The van der Waals surface area contributed by atoms with Crippen molar-refractivity contribution in [1.29, 1.82) is 0 Å². The molecule has 0 aliphatic carbocycles. The molecule has 178 valence electrons. The third-order valence-electron chi connectivity index (χ3n) is 6.79. The molecule has 1 atom stereocenters. The highest BCUT2D eigenvalue weighted by molar-refractivity contribution is 5.97. The molecule has 1 fully saturated rings.